The number of nitrogens with one attached hydrogen (secondary N) is 2. The molecule has 0 spiro atoms. The summed E-state index contributed by atoms with van der Waals surface area (Å²) in [7, 11) is 0. The highest BCUT2D eigenvalue weighted by Gasteiger charge is 2.14. The summed E-state index contributed by atoms with van der Waals surface area (Å²) in [4.78, 5) is 33.3. The number of benzene rings is 2. The van der Waals surface area contributed by atoms with Crippen molar-refractivity contribution < 1.29 is 9.59 Å². The lowest BCUT2D eigenvalue weighted by Crippen LogP contribution is -2.42. The Morgan fingerprint density at radius 2 is 1.83 bits per heavy atom. The summed E-state index contributed by atoms with van der Waals surface area (Å²) in [6.07, 6.45) is 0. The molecule has 0 radical (unpaired) electrons. The first-order valence-corrected chi connectivity index (χ1v) is 9.97. The van der Waals surface area contributed by atoms with Crippen LogP contribution in [0.25, 0.3) is 16.6 Å². The molecule has 2 N–H and O–H groups in total. The van der Waals surface area contributed by atoms with Gasteiger partial charge in [-0.05, 0) is 43.3 Å². The summed E-state index contributed by atoms with van der Waals surface area (Å²) < 4.78 is 1.63. The normalized spacial score (nSPS) is 11.0. The number of aryl methyl sites for hydroxylation is 1. The van der Waals surface area contributed by atoms with Gasteiger partial charge in [0.15, 0.2) is 10.8 Å². The number of carbonyl (C=O) groups excluding carboxylic acids is 2. The van der Waals surface area contributed by atoms with Crippen molar-refractivity contribution >= 4 is 51.7 Å². The second-order valence-electron chi connectivity index (χ2n) is 6.10. The van der Waals surface area contributed by atoms with Crippen molar-refractivity contribution in [2.24, 2.45) is 0 Å². The highest BCUT2D eigenvalue weighted by Crippen LogP contribution is 2.23. The van der Waals surface area contributed by atoms with Gasteiger partial charge in [-0.15, -0.1) is 5.10 Å². The Morgan fingerprint density at radius 3 is 2.62 bits per heavy atom. The molecule has 0 saturated carbocycles. The number of thioether (sulfide) groups is 1. The van der Waals surface area contributed by atoms with Gasteiger partial charge >= 0.3 is 0 Å². The molecule has 2 heterocycles. The predicted molar refractivity (Wildman–Crippen MR) is 111 cm³/mol. The Balaban J connectivity index is 1.44. The molecule has 0 aliphatic heterocycles. The van der Waals surface area contributed by atoms with E-state index in [1.54, 1.807) is 35.7 Å². The average Bonchev–Trinajstić information content (AvgIpc) is 3.12. The van der Waals surface area contributed by atoms with Crippen LogP contribution in [0.1, 0.15) is 16.2 Å². The van der Waals surface area contributed by atoms with E-state index < -0.39 is 5.91 Å². The molecule has 4 aromatic rings. The molecule has 0 saturated heterocycles. The van der Waals surface area contributed by atoms with E-state index in [0.29, 0.717) is 27.2 Å². The first kappa shape index (κ1) is 19.2. The fourth-order valence-electron chi connectivity index (χ4n) is 2.69. The van der Waals surface area contributed by atoms with Crippen molar-refractivity contribution in [3.63, 3.8) is 0 Å². The predicted octanol–water partition coefficient (Wildman–Crippen LogP) is 2.79. The number of carbonyl (C=O) groups is 2. The molecule has 29 heavy (non-hydrogen) atoms. The minimum Gasteiger partial charge on any atom is -0.272 e. The van der Waals surface area contributed by atoms with Crippen molar-refractivity contribution in [2.75, 3.05) is 5.75 Å². The van der Waals surface area contributed by atoms with Crippen LogP contribution >= 0.6 is 23.4 Å². The lowest BCUT2D eigenvalue weighted by Gasteiger charge is -2.08. The van der Waals surface area contributed by atoms with E-state index >= 15 is 0 Å². The van der Waals surface area contributed by atoms with Crippen LogP contribution in [0.15, 0.2) is 53.7 Å². The minimum absolute atomic E-state index is 0.0419. The van der Waals surface area contributed by atoms with Gasteiger partial charge in [0.2, 0.25) is 5.91 Å². The number of aromatic nitrogens is 4. The summed E-state index contributed by atoms with van der Waals surface area (Å²) in [6.45, 7) is 1.80. The number of para-hydroxylation sites is 1. The summed E-state index contributed by atoms with van der Waals surface area (Å²) in [6, 6.07) is 14.0. The van der Waals surface area contributed by atoms with Crippen molar-refractivity contribution in [3.8, 4) is 0 Å². The van der Waals surface area contributed by atoms with Crippen LogP contribution in [0.5, 0.6) is 0 Å². The summed E-state index contributed by atoms with van der Waals surface area (Å²) in [5.41, 5.74) is 6.61. The largest absolute Gasteiger partial charge is 0.272 e. The third-order valence-electron chi connectivity index (χ3n) is 4.01. The van der Waals surface area contributed by atoms with Crippen molar-refractivity contribution in [2.45, 2.75) is 12.1 Å². The maximum absolute atomic E-state index is 12.2. The number of halogens is 1. The molecular formula is C19H15ClN6O2S. The van der Waals surface area contributed by atoms with Crippen molar-refractivity contribution in [1.29, 1.82) is 0 Å². The maximum atomic E-state index is 12.2. The Hall–Kier alpha value is -3.17. The van der Waals surface area contributed by atoms with Gasteiger partial charge in [0.05, 0.1) is 11.3 Å². The van der Waals surface area contributed by atoms with Crippen LogP contribution in [0, 0.1) is 6.92 Å². The highest BCUT2D eigenvalue weighted by molar-refractivity contribution is 7.99. The lowest BCUT2D eigenvalue weighted by molar-refractivity contribution is -0.119. The Morgan fingerprint density at radius 1 is 1.07 bits per heavy atom. The lowest BCUT2D eigenvalue weighted by atomic mass is 10.2. The van der Waals surface area contributed by atoms with Gasteiger partial charge in [-0.2, -0.15) is 4.52 Å². The van der Waals surface area contributed by atoms with Gasteiger partial charge in [0.25, 0.3) is 5.91 Å². The molecule has 10 heteroatoms. The number of nitrogens with zero attached hydrogens (tertiary/aromatic N) is 4. The number of hydrogen-bond acceptors (Lipinski definition) is 6. The number of hydrazine groups is 1. The van der Waals surface area contributed by atoms with Crippen LogP contribution in [0.3, 0.4) is 0 Å². The molecule has 2 aromatic carbocycles. The van der Waals surface area contributed by atoms with Crippen LogP contribution in [-0.2, 0) is 4.79 Å². The molecule has 146 valence electrons. The smallest absolute Gasteiger partial charge is 0.269 e. The first-order chi connectivity index (χ1) is 14.0. The second-order valence-corrected chi connectivity index (χ2v) is 7.48. The van der Waals surface area contributed by atoms with Crippen LogP contribution in [-0.4, -0.2) is 37.1 Å². The molecule has 0 bridgehead atoms. The Kier molecular flexibility index (Phi) is 5.32. The fourth-order valence-corrected chi connectivity index (χ4v) is 3.56. The number of amides is 2. The molecule has 0 atom stereocenters. The quantitative estimate of drug-likeness (QED) is 0.295. The van der Waals surface area contributed by atoms with Crippen LogP contribution < -0.4 is 10.9 Å². The maximum Gasteiger partial charge on any atom is 0.269 e. The Labute approximate surface area is 174 Å². The van der Waals surface area contributed by atoms with Gasteiger partial charge in [-0.25, -0.2) is 9.97 Å². The third kappa shape index (κ3) is 4.15. The van der Waals surface area contributed by atoms with E-state index in [2.05, 4.69) is 25.9 Å². The van der Waals surface area contributed by atoms with E-state index in [1.807, 2.05) is 24.3 Å². The number of hydrogen-bond donors (Lipinski definition) is 2. The van der Waals surface area contributed by atoms with Gasteiger partial charge < -0.3 is 0 Å². The molecule has 8 nitrogen and oxygen atoms in total. The molecule has 0 aliphatic rings. The first-order valence-electron chi connectivity index (χ1n) is 8.61. The molecule has 0 aliphatic carbocycles. The van der Waals surface area contributed by atoms with Gasteiger partial charge in [-0.1, -0.05) is 35.5 Å². The van der Waals surface area contributed by atoms with E-state index in [1.165, 1.54) is 11.8 Å². The van der Waals surface area contributed by atoms with E-state index in [9.17, 15) is 9.59 Å². The van der Waals surface area contributed by atoms with E-state index in [4.69, 9.17) is 11.6 Å². The summed E-state index contributed by atoms with van der Waals surface area (Å²) in [5, 5.41) is 6.33. The van der Waals surface area contributed by atoms with Gasteiger partial charge in [0.1, 0.15) is 5.82 Å². The zero-order valence-corrected chi connectivity index (χ0v) is 16.8. The van der Waals surface area contributed by atoms with E-state index in [0.717, 1.165) is 10.9 Å². The molecule has 2 aromatic heterocycles. The van der Waals surface area contributed by atoms with Gasteiger partial charge in [0, 0.05) is 16.0 Å². The molecule has 4 rings (SSSR count). The Bertz CT molecular complexity index is 1220. The average molecular weight is 427 g/mol. The van der Waals surface area contributed by atoms with Crippen molar-refractivity contribution in [1.82, 2.24) is 30.4 Å². The highest BCUT2D eigenvalue weighted by atomic mass is 35.5. The molecule has 2 amide bonds. The fraction of sp³-hybridized carbons (Fsp3) is 0.105. The molecular weight excluding hydrogens is 412 g/mol. The second kappa shape index (κ2) is 8.06. The molecule has 0 unspecified atom stereocenters. The van der Waals surface area contributed by atoms with Gasteiger partial charge in [-0.3, -0.25) is 20.4 Å². The zero-order chi connectivity index (χ0) is 20.4. The van der Waals surface area contributed by atoms with Crippen LogP contribution in [0.2, 0.25) is 5.02 Å². The topological polar surface area (TPSA) is 101 Å². The van der Waals surface area contributed by atoms with Crippen molar-refractivity contribution in [3.05, 3.63) is 64.9 Å². The zero-order valence-electron chi connectivity index (χ0n) is 15.2. The molecule has 0 fully saturated rings. The summed E-state index contributed by atoms with van der Waals surface area (Å²) in [5.74, 6) is -0.152. The minimum atomic E-state index is -0.432. The number of rotatable bonds is 4. The number of fused-ring (bicyclic) bond motifs is 3. The monoisotopic (exact) mass is 426 g/mol. The van der Waals surface area contributed by atoms with Crippen LogP contribution in [0.4, 0.5) is 0 Å². The summed E-state index contributed by atoms with van der Waals surface area (Å²) >= 11 is 7.01. The van der Waals surface area contributed by atoms with E-state index in [-0.39, 0.29) is 11.7 Å². The SMILES string of the molecule is Cc1nc2c3ccccc3nc(SCC(=O)NNC(=O)c3ccc(Cl)cc3)n2n1. The standard InChI is InChI=1S/C19H15ClN6O2S/c1-11-21-17-14-4-2-3-5-15(14)22-19(26(17)25-11)29-10-16(27)23-24-18(28)12-6-8-13(20)9-7-12/h2-9H,10H2,1H3,(H,23,27)(H,24,28). The third-order valence-corrected chi connectivity index (χ3v) is 5.19.